The SMILES string of the molecule is NCc1ccccc1Cc1nc(N2CCOCC2)no1. The number of hydrogen-bond acceptors (Lipinski definition) is 6. The van der Waals surface area contributed by atoms with E-state index in [2.05, 4.69) is 15.0 Å². The molecule has 1 aliphatic rings. The van der Waals surface area contributed by atoms with Crippen LogP contribution in [0.15, 0.2) is 28.8 Å². The molecule has 2 heterocycles. The summed E-state index contributed by atoms with van der Waals surface area (Å²) in [6, 6.07) is 8.04. The molecular formula is C14H18N4O2. The Hall–Kier alpha value is -1.92. The van der Waals surface area contributed by atoms with Crippen LogP contribution in [0.5, 0.6) is 0 Å². The zero-order chi connectivity index (χ0) is 13.8. The number of rotatable bonds is 4. The van der Waals surface area contributed by atoms with E-state index in [1.54, 1.807) is 0 Å². The van der Waals surface area contributed by atoms with Crippen LogP contribution >= 0.6 is 0 Å². The number of nitrogens with zero attached hydrogens (tertiary/aromatic N) is 3. The molecule has 0 spiro atoms. The van der Waals surface area contributed by atoms with E-state index in [0.29, 0.717) is 38.0 Å². The molecular weight excluding hydrogens is 256 g/mol. The second-order valence-corrected chi connectivity index (χ2v) is 4.74. The molecule has 0 radical (unpaired) electrons. The van der Waals surface area contributed by atoms with Gasteiger partial charge < -0.3 is 19.9 Å². The van der Waals surface area contributed by atoms with Crippen molar-refractivity contribution in [1.29, 1.82) is 0 Å². The zero-order valence-corrected chi connectivity index (χ0v) is 11.3. The fourth-order valence-corrected chi connectivity index (χ4v) is 2.30. The number of ether oxygens (including phenoxy) is 1. The molecule has 6 nitrogen and oxygen atoms in total. The molecule has 0 unspecified atom stereocenters. The molecule has 0 amide bonds. The predicted octanol–water partition coefficient (Wildman–Crippen LogP) is 0.956. The van der Waals surface area contributed by atoms with Gasteiger partial charge in [0.15, 0.2) is 0 Å². The van der Waals surface area contributed by atoms with E-state index in [9.17, 15) is 0 Å². The van der Waals surface area contributed by atoms with E-state index < -0.39 is 0 Å². The smallest absolute Gasteiger partial charge is 0.266 e. The molecule has 20 heavy (non-hydrogen) atoms. The summed E-state index contributed by atoms with van der Waals surface area (Å²) in [7, 11) is 0. The van der Waals surface area contributed by atoms with Crippen molar-refractivity contribution in [3.63, 3.8) is 0 Å². The lowest BCUT2D eigenvalue weighted by molar-refractivity contribution is 0.121. The summed E-state index contributed by atoms with van der Waals surface area (Å²) < 4.78 is 10.6. The Bertz CT molecular complexity index is 564. The van der Waals surface area contributed by atoms with Crippen molar-refractivity contribution >= 4 is 5.95 Å². The number of benzene rings is 1. The summed E-state index contributed by atoms with van der Waals surface area (Å²) in [4.78, 5) is 6.53. The van der Waals surface area contributed by atoms with Gasteiger partial charge in [-0.3, -0.25) is 0 Å². The average molecular weight is 274 g/mol. The maximum Gasteiger partial charge on any atom is 0.266 e. The third kappa shape index (κ3) is 2.81. The van der Waals surface area contributed by atoms with Crippen LogP contribution in [0.1, 0.15) is 17.0 Å². The Morgan fingerprint density at radius 3 is 2.65 bits per heavy atom. The van der Waals surface area contributed by atoms with Crippen LogP contribution in [0.3, 0.4) is 0 Å². The van der Waals surface area contributed by atoms with E-state index >= 15 is 0 Å². The third-order valence-electron chi connectivity index (χ3n) is 3.43. The van der Waals surface area contributed by atoms with Gasteiger partial charge in [-0.2, -0.15) is 4.98 Å². The molecule has 6 heteroatoms. The third-order valence-corrected chi connectivity index (χ3v) is 3.43. The first-order valence-corrected chi connectivity index (χ1v) is 6.79. The predicted molar refractivity (Wildman–Crippen MR) is 74.5 cm³/mol. The van der Waals surface area contributed by atoms with Crippen LogP contribution in [0.25, 0.3) is 0 Å². The van der Waals surface area contributed by atoms with Gasteiger partial charge in [0.1, 0.15) is 0 Å². The standard InChI is InChI=1S/C14H18N4O2/c15-10-12-4-2-1-3-11(12)9-13-16-14(17-20-13)18-5-7-19-8-6-18/h1-4H,5-10,15H2. The molecule has 106 valence electrons. The van der Waals surface area contributed by atoms with Gasteiger partial charge in [0, 0.05) is 19.6 Å². The lowest BCUT2D eigenvalue weighted by atomic mass is 10.0. The monoisotopic (exact) mass is 274 g/mol. The number of aromatic nitrogens is 2. The van der Waals surface area contributed by atoms with Gasteiger partial charge in [-0.15, -0.1) is 0 Å². The number of morpholine rings is 1. The molecule has 0 saturated carbocycles. The molecule has 1 aromatic carbocycles. The van der Waals surface area contributed by atoms with Crippen molar-refractivity contribution in [1.82, 2.24) is 10.1 Å². The van der Waals surface area contributed by atoms with Gasteiger partial charge >= 0.3 is 0 Å². The van der Waals surface area contributed by atoms with Gasteiger partial charge in [-0.1, -0.05) is 24.3 Å². The summed E-state index contributed by atoms with van der Waals surface area (Å²) >= 11 is 0. The average Bonchev–Trinajstić information content (AvgIpc) is 2.97. The Kier molecular flexibility index (Phi) is 3.94. The summed E-state index contributed by atoms with van der Waals surface area (Å²) in [5.74, 6) is 1.26. The lowest BCUT2D eigenvalue weighted by Crippen LogP contribution is -2.36. The highest BCUT2D eigenvalue weighted by molar-refractivity contribution is 5.32. The molecule has 0 aliphatic carbocycles. The van der Waals surface area contributed by atoms with Crippen molar-refractivity contribution in [2.45, 2.75) is 13.0 Å². The zero-order valence-electron chi connectivity index (χ0n) is 11.3. The van der Waals surface area contributed by atoms with E-state index in [-0.39, 0.29) is 0 Å². The van der Waals surface area contributed by atoms with Crippen molar-refractivity contribution < 1.29 is 9.26 Å². The molecule has 0 atom stereocenters. The van der Waals surface area contributed by atoms with E-state index in [4.69, 9.17) is 15.0 Å². The molecule has 2 N–H and O–H groups in total. The van der Waals surface area contributed by atoms with E-state index in [0.717, 1.165) is 24.2 Å². The Morgan fingerprint density at radius 1 is 1.15 bits per heavy atom. The summed E-state index contributed by atoms with van der Waals surface area (Å²) in [5, 5.41) is 4.04. The molecule has 0 bridgehead atoms. The Morgan fingerprint density at radius 2 is 1.90 bits per heavy atom. The van der Waals surface area contributed by atoms with Crippen molar-refractivity contribution in [2.24, 2.45) is 5.73 Å². The highest BCUT2D eigenvalue weighted by Gasteiger charge is 2.17. The minimum absolute atomic E-state index is 0.515. The minimum atomic E-state index is 0.515. The van der Waals surface area contributed by atoms with Gasteiger partial charge in [0.2, 0.25) is 5.89 Å². The number of hydrogen-bond donors (Lipinski definition) is 1. The maximum absolute atomic E-state index is 5.74. The first-order valence-electron chi connectivity index (χ1n) is 6.79. The quantitative estimate of drug-likeness (QED) is 0.894. The lowest BCUT2D eigenvalue weighted by Gasteiger charge is -2.24. The molecule has 3 rings (SSSR count). The van der Waals surface area contributed by atoms with Crippen LogP contribution in [-0.4, -0.2) is 36.4 Å². The van der Waals surface area contributed by atoms with Gasteiger partial charge in [0.25, 0.3) is 5.95 Å². The minimum Gasteiger partial charge on any atom is -0.378 e. The maximum atomic E-state index is 5.74. The Labute approximate surface area is 117 Å². The van der Waals surface area contributed by atoms with Crippen LogP contribution in [0, 0.1) is 0 Å². The van der Waals surface area contributed by atoms with Crippen LogP contribution < -0.4 is 10.6 Å². The van der Waals surface area contributed by atoms with Gasteiger partial charge in [0.05, 0.1) is 19.6 Å². The molecule has 1 fully saturated rings. The van der Waals surface area contributed by atoms with Crippen molar-refractivity contribution in [3.8, 4) is 0 Å². The van der Waals surface area contributed by atoms with E-state index in [1.807, 2.05) is 24.3 Å². The topological polar surface area (TPSA) is 77.4 Å². The molecule has 2 aromatic rings. The molecule has 1 saturated heterocycles. The van der Waals surface area contributed by atoms with Crippen LogP contribution in [0.2, 0.25) is 0 Å². The number of nitrogens with two attached hydrogens (primary N) is 1. The normalized spacial score (nSPS) is 15.6. The van der Waals surface area contributed by atoms with E-state index in [1.165, 1.54) is 0 Å². The second kappa shape index (κ2) is 6.02. The fourth-order valence-electron chi connectivity index (χ4n) is 2.30. The molecule has 1 aliphatic heterocycles. The van der Waals surface area contributed by atoms with Gasteiger partial charge in [-0.05, 0) is 16.3 Å². The fraction of sp³-hybridized carbons (Fsp3) is 0.429. The Balaban J connectivity index is 1.73. The number of anilines is 1. The first-order chi connectivity index (χ1) is 9.86. The second-order valence-electron chi connectivity index (χ2n) is 4.74. The highest BCUT2D eigenvalue weighted by atomic mass is 16.5. The van der Waals surface area contributed by atoms with Crippen molar-refractivity contribution in [3.05, 3.63) is 41.3 Å². The molecule has 1 aromatic heterocycles. The highest BCUT2D eigenvalue weighted by Crippen LogP contribution is 2.16. The van der Waals surface area contributed by atoms with Crippen molar-refractivity contribution in [2.75, 3.05) is 31.2 Å². The summed E-state index contributed by atoms with van der Waals surface area (Å²) in [5.41, 5.74) is 7.98. The van der Waals surface area contributed by atoms with Crippen LogP contribution in [0.4, 0.5) is 5.95 Å². The first kappa shape index (κ1) is 13.1. The van der Waals surface area contributed by atoms with Gasteiger partial charge in [-0.25, -0.2) is 0 Å². The summed E-state index contributed by atoms with van der Waals surface area (Å²) in [6.45, 7) is 3.54. The summed E-state index contributed by atoms with van der Waals surface area (Å²) in [6.07, 6.45) is 0.616. The van der Waals surface area contributed by atoms with Crippen LogP contribution in [-0.2, 0) is 17.7 Å². The largest absolute Gasteiger partial charge is 0.378 e.